The Kier molecular flexibility index (Phi) is 6.40. The maximum Gasteiger partial charge on any atom is 0.294 e. The van der Waals surface area contributed by atoms with Crippen LogP contribution < -0.4 is 0 Å². The maximum absolute atomic E-state index is 12.6. The molecule has 29 heavy (non-hydrogen) atoms. The van der Waals surface area contributed by atoms with E-state index in [-0.39, 0.29) is 11.7 Å². The second kappa shape index (κ2) is 9.36. The van der Waals surface area contributed by atoms with Gasteiger partial charge in [0.05, 0.1) is 0 Å². The highest BCUT2D eigenvalue weighted by Crippen LogP contribution is 2.32. The monoisotopic (exact) mass is 390 g/mol. The first-order chi connectivity index (χ1) is 14.2. The van der Waals surface area contributed by atoms with Crippen molar-refractivity contribution < 1.29 is 9.59 Å². The number of nitrogens with zero attached hydrogens (tertiary/aromatic N) is 2. The maximum atomic E-state index is 12.6. The van der Waals surface area contributed by atoms with E-state index in [2.05, 4.69) is 35.2 Å². The Hall–Kier alpha value is -2.46. The number of ketones is 1. The smallest absolute Gasteiger partial charge is 0.294 e. The van der Waals surface area contributed by atoms with Crippen molar-refractivity contribution in [2.24, 2.45) is 11.8 Å². The fourth-order valence-electron chi connectivity index (χ4n) is 4.81. The summed E-state index contributed by atoms with van der Waals surface area (Å²) in [5.74, 6) is 0.683. The summed E-state index contributed by atoms with van der Waals surface area (Å²) in [6.07, 6.45) is 4.41. The van der Waals surface area contributed by atoms with Gasteiger partial charge in [0, 0.05) is 31.7 Å². The lowest BCUT2D eigenvalue weighted by molar-refractivity contribution is -0.128. The van der Waals surface area contributed by atoms with Gasteiger partial charge in [-0.05, 0) is 49.6 Å². The van der Waals surface area contributed by atoms with E-state index in [1.54, 1.807) is 29.2 Å². The lowest BCUT2D eigenvalue weighted by Crippen LogP contribution is -2.43. The molecule has 152 valence electrons. The van der Waals surface area contributed by atoms with Crippen LogP contribution in [0.1, 0.15) is 35.2 Å². The summed E-state index contributed by atoms with van der Waals surface area (Å²) in [7, 11) is 0. The van der Waals surface area contributed by atoms with Crippen LogP contribution in [0.4, 0.5) is 0 Å². The van der Waals surface area contributed by atoms with E-state index in [1.807, 2.05) is 6.07 Å². The molecule has 0 unspecified atom stereocenters. The normalized spacial score (nSPS) is 20.7. The Morgan fingerprint density at radius 2 is 1.41 bits per heavy atom. The largest absolute Gasteiger partial charge is 0.336 e. The van der Waals surface area contributed by atoms with Crippen LogP contribution >= 0.6 is 0 Å². The third kappa shape index (κ3) is 4.94. The van der Waals surface area contributed by atoms with Crippen molar-refractivity contribution in [3.05, 3.63) is 71.8 Å². The number of amides is 1. The number of carbonyl (C=O) groups excluding carboxylic acids is 2. The number of benzene rings is 2. The van der Waals surface area contributed by atoms with Crippen LogP contribution in [0.3, 0.4) is 0 Å². The Bertz CT molecular complexity index is 813. The lowest BCUT2D eigenvalue weighted by Gasteiger charge is -2.34. The van der Waals surface area contributed by atoms with E-state index < -0.39 is 0 Å². The summed E-state index contributed by atoms with van der Waals surface area (Å²) in [6.45, 7) is 4.91. The number of hydrogen-bond acceptors (Lipinski definition) is 3. The van der Waals surface area contributed by atoms with Gasteiger partial charge >= 0.3 is 0 Å². The van der Waals surface area contributed by atoms with E-state index in [0.717, 1.165) is 31.7 Å². The highest BCUT2D eigenvalue weighted by atomic mass is 16.2. The highest BCUT2D eigenvalue weighted by Gasteiger charge is 2.34. The van der Waals surface area contributed by atoms with Gasteiger partial charge in [-0.15, -0.1) is 0 Å². The van der Waals surface area contributed by atoms with Gasteiger partial charge in [-0.2, -0.15) is 0 Å². The summed E-state index contributed by atoms with van der Waals surface area (Å²) in [4.78, 5) is 29.3. The molecule has 0 radical (unpaired) electrons. The van der Waals surface area contributed by atoms with Crippen LogP contribution in [0.25, 0.3) is 0 Å². The number of rotatable bonds is 6. The minimum atomic E-state index is -0.378. The van der Waals surface area contributed by atoms with Crippen molar-refractivity contribution in [3.63, 3.8) is 0 Å². The minimum absolute atomic E-state index is 0.342. The van der Waals surface area contributed by atoms with E-state index in [4.69, 9.17) is 0 Å². The molecule has 0 saturated carbocycles. The highest BCUT2D eigenvalue weighted by molar-refractivity contribution is 6.42. The van der Waals surface area contributed by atoms with E-state index >= 15 is 0 Å². The second-order valence-electron chi connectivity index (χ2n) is 8.41. The fourth-order valence-corrected chi connectivity index (χ4v) is 4.81. The number of likely N-dealkylation sites (tertiary alicyclic amines) is 2. The molecule has 4 rings (SSSR count). The topological polar surface area (TPSA) is 40.6 Å². The van der Waals surface area contributed by atoms with Crippen LogP contribution in [0.2, 0.25) is 0 Å². The Labute approximate surface area is 173 Å². The van der Waals surface area contributed by atoms with Crippen molar-refractivity contribution in [1.82, 2.24) is 9.80 Å². The molecule has 0 spiro atoms. The first kappa shape index (κ1) is 19.8. The molecule has 2 aliphatic rings. The molecule has 0 aromatic heterocycles. The molecule has 1 atom stereocenters. The van der Waals surface area contributed by atoms with Crippen molar-refractivity contribution in [3.8, 4) is 0 Å². The van der Waals surface area contributed by atoms with E-state index in [9.17, 15) is 9.59 Å². The molecule has 0 aliphatic carbocycles. The molecule has 4 nitrogen and oxygen atoms in total. The molecule has 4 heteroatoms. The van der Waals surface area contributed by atoms with Crippen LogP contribution in [-0.4, -0.2) is 54.2 Å². The zero-order valence-electron chi connectivity index (χ0n) is 17.0. The molecule has 2 heterocycles. The average Bonchev–Trinajstić information content (AvgIpc) is 3.27. The van der Waals surface area contributed by atoms with E-state index in [1.165, 1.54) is 25.1 Å². The third-order valence-corrected chi connectivity index (χ3v) is 6.59. The average molecular weight is 391 g/mol. The first-order valence-electron chi connectivity index (χ1n) is 10.9. The molecule has 0 bridgehead atoms. The quantitative estimate of drug-likeness (QED) is 0.558. The molecule has 0 N–H and O–H groups in total. The van der Waals surface area contributed by atoms with Gasteiger partial charge in [0.2, 0.25) is 5.78 Å². The summed E-state index contributed by atoms with van der Waals surface area (Å²) >= 11 is 0. The number of Topliss-reactive ketones (excluding diaryl/α,β-unsaturated/α-hetero) is 1. The van der Waals surface area contributed by atoms with Crippen molar-refractivity contribution in [1.29, 1.82) is 0 Å². The predicted octanol–water partition coefficient (Wildman–Crippen LogP) is 3.67. The molecule has 1 amide bonds. The summed E-state index contributed by atoms with van der Waals surface area (Å²) in [6, 6.07) is 19.6. The van der Waals surface area contributed by atoms with Gasteiger partial charge in [0.15, 0.2) is 0 Å². The first-order valence-corrected chi connectivity index (χ1v) is 10.9. The SMILES string of the molecule is O=C(C(=O)N1CCC([C@H]2CCN(CCc3ccccc3)C2)CC1)c1ccccc1. The molecular weight excluding hydrogens is 360 g/mol. The summed E-state index contributed by atoms with van der Waals surface area (Å²) in [5.41, 5.74) is 1.90. The Morgan fingerprint density at radius 3 is 2.10 bits per heavy atom. The van der Waals surface area contributed by atoms with Crippen LogP contribution in [-0.2, 0) is 11.2 Å². The molecule has 2 fully saturated rings. The Balaban J connectivity index is 1.23. The van der Waals surface area contributed by atoms with Crippen molar-refractivity contribution in [2.45, 2.75) is 25.7 Å². The second-order valence-corrected chi connectivity index (χ2v) is 8.41. The molecule has 2 aromatic rings. The summed E-state index contributed by atoms with van der Waals surface area (Å²) in [5, 5.41) is 0. The number of piperidine rings is 1. The summed E-state index contributed by atoms with van der Waals surface area (Å²) < 4.78 is 0. The van der Waals surface area contributed by atoms with E-state index in [0.29, 0.717) is 24.6 Å². The van der Waals surface area contributed by atoms with Crippen LogP contribution in [0.5, 0.6) is 0 Å². The number of carbonyl (C=O) groups is 2. The van der Waals surface area contributed by atoms with Gasteiger partial charge in [-0.25, -0.2) is 0 Å². The van der Waals surface area contributed by atoms with Gasteiger partial charge in [0.25, 0.3) is 5.91 Å². The van der Waals surface area contributed by atoms with Gasteiger partial charge < -0.3 is 9.80 Å². The molecule has 2 saturated heterocycles. The third-order valence-electron chi connectivity index (χ3n) is 6.59. The minimum Gasteiger partial charge on any atom is -0.336 e. The lowest BCUT2D eigenvalue weighted by atomic mass is 9.83. The molecule has 2 aliphatic heterocycles. The van der Waals surface area contributed by atoms with Gasteiger partial charge in [-0.3, -0.25) is 9.59 Å². The van der Waals surface area contributed by atoms with Crippen molar-refractivity contribution in [2.75, 3.05) is 32.7 Å². The molecule has 2 aromatic carbocycles. The zero-order valence-corrected chi connectivity index (χ0v) is 17.0. The Morgan fingerprint density at radius 1 is 0.793 bits per heavy atom. The van der Waals surface area contributed by atoms with Crippen LogP contribution in [0.15, 0.2) is 60.7 Å². The standard InChI is InChI=1S/C25H30N2O2/c28-24(22-9-5-2-6-10-22)25(29)27-17-13-21(14-18-27)23-12-16-26(19-23)15-11-20-7-3-1-4-8-20/h1-10,21,23H,11-19H2/t23-/m0/s1. The number of hydrogen-bond donors (Lipinski definition) is 0. The van der Waals surface area contributed by atoms with Crippen molar-refractivity contribution >= 4 is 11.7 Å². The van der Waals surface area contributed by atoms with Gasteiger partial charge in [0.1, 0.15) is 0 Å². The molecular formula is C25H30N2O2. The predicted molar refractivity (Wildman–Crippen MR) is 115 cm³/mol. The van der Waals surface area contributed by atoms with Crippen LogP contribution in [0, 0.1) is 11.8 Å². The zero-order chi connectivity index (χ0) is 20.1. The van der Waals surface area contributed by atoms with Gasteiger partial charge in [-0.1, -0.05) is 60.7 Å². The fraction of sp³-hybridized carbons (Fsp3) is 0.440.